The summed E-state index contributed by atoms with van der Waals surface area (Å²) < 4.78 is 36.6. The predicted octanol–water partition coefficient (Wildman–Crippen LogP) is 1.38. The SMILES string of the molecule is O=C(O)CCc1cncn1C(F)(F)F. The van der Waals surface area contributed by atoms with Gasteiger partial charge >= 0.3 is 12.3 Å². The Morgan fingerprint density at radius 2 is 2.21 bits per heavy atom. The Morgan fingerprint density at radius 1 is 1.57 bits per heavy atom. The second-order valence-electron chi connectivity index (χ2n) is 2.62. The number of hydrogen-bond acceptors (Lipinski definition) is 2. The molecule has 0 unspecified atom stereocenters. The van der Waals surface area contributed by atoms with Crippen LogP contribution in [-0.2, 0) is 17.5 Å². The molecule has 1 rings (SSSR count). The molecule has 0 bridgehead atoms. The Balaban J connectivity index is 2.78. The highest BCUT2D eigenvalue weighted by molar-refractivity contribution is 5.66. The molecule has 0 aliphatic rings. The lowest BCUT2D eigenvalue weighted by molar-refractivity contribution is -0.205. The van der Waals surface area contributed by atoms with Gasteiger partial charge in [0.05, 0.1) is 6.42 Å². The summed E-state index contributed by atoms with van der Waals surface area (Å²) in [6.45, 7) is 0. The van der Waals surface area contributed by atoms with Gasteiger partial charge in [-0.25, -0.2) is 9.55 Å². The molecule has 1 heterocycles. The monoisotopic (exact) mass is 208 g/mol. The molecule has 0 saturated heterocycles. The lowest BCUT2D eigenvalue weighted by Crippen LogP contribution is -2.18. The maximum absolute atomic E-state index is 12.2. The number of rotatable bonds is 3. The molecule has 14 heavy (non-hydrogen) atoms. The topological polar surface area (TPSA) is 55.1 Å². The second kappa shape index (κ2) is 3.69. The van der Waals surface area contributed by atoms with Crippen molar-refractivity contribution in [3.05, 3.63) is 18.2 Å². The van der Waals surface area contributed by atoms with Crippen molar-refractivity contribution in [2.45, 2.75) is 19.1 Å². The van der Waals surface area contributed by atoms with Crippen LogP contribution in [0.25, 0.3) is 0 Å². The summed E-state index contributed by atoms with van der Waals surface area (Å²) in [7, 11) is 0. The van der Waals surface area contributed by atoms with Crippen LogP contribution >= 0.6 is 0 Å². The zero-order valence-corrected chi connectivity index (χ0v) is 6.95. The van der Waals surface area contributed by atoms with E-state index in [-0.39, 0.29) is 23.1 Å². The molecule has 1 aromatic rings. The van der Waals surface area contributed by atoms with Crippen LogP contribution in [0.2, 0.25) is 0 Å². The Kier molecular flexibility index (Phi) is 2.78. The highest BCUT2D eigenvalue weighted by Gasteiger charge is 2.32. The van der Waals surface area contributed by atoms with Gasteiger partial charge in [-0.3, -0.25) is 4.79 Å². The first-order chi connectivity index (χ1) is 6.41. The van der Waals surface area contributed by atoms with Crippen molar-refractivity contribution < 1.29 is 23.1 Å². The summed E-state index contributed by atoms with van der Waals surface area (Å²) in [6, 6.07) is 0. The minimum atomic E-state index is -4.54. The molecule has 0 aromatic carbocycles. The van der Waals surface area contributed by atoms with Crippen LogP contribution in [0.3, 0.4) is 0 Å². The summed E-state index contributed by atoms with van der Waals surface area (Å²) in [5.41, 5.74) is -0.153. The highest BCUT2D eigenvalue weighted by atomic mass is 19.4. The molecular formula is C7H7F3N2O2. The van der Waals surface area contributed by atoms with Crippen molar-refractivity contribution in [3.8, 4) is 0 Å². The largest absolute Gasteiger partial charge is 0.489 e. The minimum Gasteiger partial charge on any atom is -0.481 e. The Morgan fingerprint density at radius 3 is 2.71 bits per heavy atom. The summed E-state index contributed by atoms with van der Waals surface area (Å²) in [4.78, 5) is 13.5. The number of carboxylic acids is 1. The van der Waals surface area contributed by atoms with Crippen molar-refractivity contribution in [2.75, 3.05) is 0 Å². The van der Waals surface area contributed by atoms with Gasteiger partial charge in [-0.2, -0.15) is 0 Å². The van der Waals surface area contributed by atoms with Crippen molar-refractivity contribution in [1.82, 2.24) is 9.55 Å². The average molecular weight is 208 g/mol. The number of imidazole rings is 1. The summed E-state index contributed by atoms with van der Waals surface area (Å²) >= 11 is 0. The van der Waals surface area contributed by atoms with Gasteiger partial charge in [-0.1, -0.05) is 0 Å². The van der Waals surface area contributed by atoms with Crippen molar-refractivity contribution in [1.29, 1.82) is 0 Å². The van der Waals surface area contributed by atoms with Gasteiger partial charge in [0.15, 0.2) is 0 Å². The van der Waals surface area contributed by atoms with Crippen LogP contribution in [-0.4, -0.2) is 20.6 Å². The van der Waals surface area contributed by atoms with Crippen LogP contribution in [0.4, 0.5) is 13.2 Å². The normalized spacial score (nSPS) is 11.6. The molecule has 0 amide bonds. The first-order valence-electron chi connectivity index (χ1n) is 3.71. The maximum atomic E-state index is 12.2. The van der Waals surface area contributed by atoms with E-state index in [1.807, 2.05) is 0 Å². The van der Waals surface area contributed by atoms with Gasteiger partial charge in [-0.15, -0.1) is 13.2 Å². The highest BCUT2D eigenvalue weighted by Crippen LogP contribution is 2.24. The average Bonchev–Trinajstić information content (AvgIpc) is 2.46. The smallest absolute Gasteiger partial charge is 0.481 e. The summed E-state index contributed by atoms with van der Waals surface area (Å²) in [5.74, 6) is -1.14. The van der Waals surface area contributed by atoms with E-state index in [4.69, 9.17) is 5.11 Å². The lowest BCUT2D eigenvalue weighted by atomic mass is 10.2. The molecular weight excluding hydrogens is 201 g/mol. The van der Waals surface area contributed by atoms with Crippen molar-refractivity contribution in [3.63, 3.8) is 0 Å². The molecule has 78 valence electrons. The van der Waals surface area contributed by atoms with Crippen molar-refractivity contribution in [2.24, 2.45) is 0 Å². The van der Waals surface area contributed by atoms with Crippen LogP contribution in [0.15, 0.2) is 12.5 Å². The first-order valence-corrected chi connectivity index (χ1v) is 3.71. The third-order valence-corrected chi connectivity index (χ3v) is 1.58. The van der Waals surface area contributed by atoms with Gasteiger partial charge in [0.25, 0.3) is 0 Å². The van der Waals surface area contributed by atoms with Gasteiger partial charge in [0.2, 0.25) is 0 Å². The fraction of sp³-hybridized carbons (Fsp3) is 0.429. The second-order valence-corrected chi connectivity index (χ2v) is 2.62. The number of aromatic nitrogens is 2. The molecule has 0 atom stereocenters. The van der Waals surface area contributed by atoms with Gasteiger partial charge < -0.3 is 5.11 Å². The van der Waals surface area contributed by atoms with E-state index in [1.165, 1.54) is 0 Å². The minimum absolute atomic E-state index is 0.00986. The molecule has 0 aliphatic carbocycles. The van der Waals surface area contributed by atoms with E-state index in [2.05, 4.69) is 4.98 Å². The molecule has 0 spiro atoms. The van der Waals surface area contributed by atoms with Crippen LogP contribution in [0.5, 0.6) is 0 Å². The van der Waals surface area contributed by atoms with Crippen LogP contribution in [0, 0.1) is 0 Å². The first kappa shape index (κ1) is 10.6. The van der Waals surface area contributed by atoms with E-state index in [9.17, 15) is 18.0 Å². The fourth-order valence-electron chi connectivity index (χ4n) is 0.971. The molecule has 1 N–H and O–H groups in total. The van der Waals surface area contributed by atoms with E-state index in [1.54, 1.807) is 0 Å². The predicted molar refractivity (Wildman–Crippen MR) is 39.5 cm³/mol. The molecule has 1 aromatic heterocycles. The van der Waals surface area contributed by atoms with Crippen LogP contribution < -0.4 is 0 Å². The molecule has 4 nitrogen and oxygen atoms in total. The fourth-order valence-corrected chi connectivity index (χ4v) is 0.971. The zero-order valence-electron chi connectivity index (χ0n) is 6.95. The number of carbonyl (C=O) groups is 1. The molecule has 0 aliphatic heterocycles. The number of halogens is 3. The summed E-state index contributed by atoms with van der Waals surface area (Å²) in [6.07, 6.45) is -3.44. The standard InChI is InChI=1S/C7H7F3N2O2/c8-7(9,10)12-4-11-3-5(12)1-2-6(13)14/h3-4H,1-2H2,(H,13,14). The third kappa shape index (κ3) is 2.48. The van der Waals surface area contributed by atoms with E-state index >= 15 is 0 Å². The Bertz CT molecular complexity index is 332. The van der Waals surface area contributed by atoms with Gasteiger partial charge in [-0.05, 0) is 6.42 Å². The molecule has 7 heteroatoms. The molecule has 0 fully saturated rings. The number of aliphatic carboxylic acids is 1. The molecule has 0 saturated carbocycles. The Hall–Kier alpha value is -1.53. The summed E-state index contributed by atoms with van der Waals surface area (Å²) in [5, 5.41) is 8.30. The number of aryl methyl sites for hydroxylation is 1. The number of carboxylic acid groups (broad SMARTS) is 1. The Labute approximate surface area is 77.0 Å². The van der Waals surface area contributed by atoms with Gasteiger partial charge in [0.1, 0.15) is 6.33 Å². The van der Waals surface area contributed by atoms with E-state index < -0.39 is 12.3 Å². The van der Waals surface area contributed by atoms with E-state index in [0.717, 1.165) is 6.20 Å². The number of nitrogens with zero attached hydrogens (tertiary/aromatic N) is 2. The molecule has 0 radical (unpaired) electrons. The third-order valence-electron chi connectivity index (χ3n) is 1.58. The van der Waals surface area contributed by atoms with Crippen molar-refractivity contribution >= 4 is 5.97 Å². The maximum Gasteiger partial charge on any atom is 0.489 e. The van der Waals surface area contributed by atoms with E-state index in [0.29, 0.717) is 6.33 Å². The van der Waals surface area contributed by atoms with Crippen LogP contribution in [0.1, 0.15) is 12.1 Å². The zero-order chi connectivity index (χ0) is 10.8. The van der Waals surface area contributed by atoms with Gasteiger partial charge in [0, 0.05) is 11.9 Å². The lowest BCUT2D eigenvalue weighted by Gasteiger charge is -2.10. The number of alkyl halides is 3. The quantitative estimate of drug-likeness (QED) is 0.816. The number of hydrogen-bond donors (Lipinski definition) is 1.